The van der Waals surface area contributed by atoms with Gasteiger partial charge in [-0.05, 0) is 40.2 Å². The number of nitrogens with one attached hydrogen (secondary N) is 1. The molecular weight excluding hydrogens is 286 g/mol. The van der Waals surface area contributed by atoms with Crippen molar-refractivity contribution in [1.29, 1.82) is 0 Å². The molecule has 2 nitrogen and oxygen atoms in total. The van der Waals surface area contributed by atoms with E-state index < -0.39 is 0 Å². The number of methoxy groups -OCH3 is 1. The predicted octanol–water partition coefficient (Wildman–Crippen LogP) is 4.13. The molecule has 1 N–H and O–H groups in total. The molecule has 0 aliphatic heterocycles. The summed E-state index contributed by atoms with van der Waals surface area (Å²) in [6, 6.07) is 12.2. The standard InChI is InChI=1S/C12H12BrNOS/c1-15-12-7-6-9(16-12)8-14-11-5-3-2-4-10(11)13/h2-7,14H,8H2,1H3. The van der Waals surface area contributed by atoms with Crippen LogP contribution in [0.5, 0.6) is 5.06 Å². The fourth-order valence-electron chi connectivity index (χ4n) is 1.35. The predicted molar refractivity (Wildman–Crippen MR) is 72.3 cm³/mol. The van der Waals surface area contributed by atoms with E-state index in [9.17, 15) is 0 Å². The normalized spacial score (nSPS) is 10.1. The molecule has 0 saturated heterocycles. The molecule has 0 aliphatic rings. The molecule has 0 fully saturated rings. The Morgan fingerprint density at radius 2 is 2.06 bits per heavy atom. The second-order valence-electron chi connectivity index (χ2n) is 3.26. The molecule has 0 radical (unpaired) electrons. The average molecular weight is 298 g/mol. The summed E-state index contributed by atoms with van der Waals surface area (Å²) in [6.45, 7) is 0.816. The number of halogens is 1. The molecule has 1 aromatic heterocycles. The molecule has 1 aromatic carbocycles. The van der Waals surface area contributed by atoms with Gasteiger partial charge in [0.25, 0.3) is 0 Å². The van der Waals surface area contributed by atoms with Gasteiger partial charge in [0.2, 0.25) is 0 Å². The highest BCUT2D eigenvalue weighted by Crippen LogP contribution is 2.26. The third kappa shape index (κ3) is 2.77. The molecule has 16 heavy (non-hydrogen) atoms. The number of para-hydroxylation sites is 1. The Morgan fingerprint density at radius 1 is 1.25 bits per heavy atom. The van der Waals surface area contributed by atoms with Gasteiger partial charge < -0.3 is 10.1 Å². The van der Waals surface area contributed by atoms with Crippen LogP contribution in [0.2, 0.25) is 0 Å². The van der Waals surface area contributed by atoms with E-state index in [1.165, 1.54) is 4.88 Å². The van der Waals surface area contributed by atoms with Crippen LogP contribution < -0.4 is 10.1 Å². The van der Waals surface area contributed by atoms with E-state index in [1.54, 1.807) is 18.4 Å². The molecule has 2 aromatic rings. The van der Waals surface area contributed by atoms with Gasteiger partial charge in [-0.15, -0.1) is 11.3 Å². The average Bonchev–Trinajstić information content (AvgIpc) is 2.76. The molecule has 0 aliphatic carbocycles. The van der Waals surface area contributed by atoms with Gasteiger partial charge in [0.1, 0.15) is 0 Å². The van der Waals surface area contributed by atoms with Gasteiger partial charge in [0.05, 0.1) is 7.11 Å². The number of rotatable bonds is 4. The highest BCUT2D eigenvalue weighted by molar-refractivity contribution is 9.10. The fourth-order valence-corrected chi connectivity index (χ4v) is 2.53. The van der Waals surface area contributed by atoms with Gasteiger partial charge in [-0.3, -0.25) is 0 Å². The van der Waals surface area contributed by atoms with E-state index in [4.69, 9.17) is 4.74 Å². The molecule has 0 bridgehead atoms. The fraction of sp³-hybridized carbons (Fsp3) is 0.167. The van der Waals surface area contributed by atoms with E-state index in [0.29, 0.717) is 0 Å². The Hall–Kier alpha value is -1.000. The lowest BCUT2D eigenvalue weighted by Crippen LogP contribution is -1.97. The number of hydrogen-bond acceptors (Lipinski definition) is 3. The molecular formula is C12H12BrNOS. The first kappa shape index (κ1) is 11.5. The number of anilines is 1. The number of benzene rings is 1. The first-order chi connectivity index (χ1) is 7.79. The Morgan fingerprint density at radius 3 is 2.75 bits per heavy atom. The van der Waals surface area contributed by atoms with Crippen LogP contribution in [0, 0.1) is 0 Å². The molecule has 0 unspecified atom stereocenters. The van der Waals surface area contributed by atoms with Crippen LogP contribution in [0.3, 0.4) is 0 Å². The molecule has 0 spiro atoms. The number of thiophene rings is 1. The largest absolute Gasteiger partial charge is 0.487 e. The Kier molecular flexibility index (Phi) is 3.85. The van der Waals surface area contributed by atoms with Gasteiger partial charge in [0.15, 0.2) is 5.06 Å². The molecule has 0 atom stereocenters. The van der Waals surface area contributed by atoms with E-state index >= 15 is 0 Å². The van der Waals surface area contributed by atoms with E-state index in [1.807, 2.05) is 24.3 Å². The molecule has 0 amide bonds. The highest BCUT2D eigenvalue weighted by atomic mass is 79.9. The van der Waals surface area contributed by atoms with Crippen molar-refractivity contribution in [2.24, 2.45) is 0 Å². The maximum atomic E-state index is 5.15. The third-order valence-corrected chi connectivity index (χ3v) is 3.90. The third-order valence-electron chi connectivity index (χ3n) is 2.17. The number of hydrogen-bond donors (Lipinski definition) is 1. The van der Waals surface area contributed by atoms with E-state index in [0.717, 1.165) is 21.8 Å². The van der Waals surface area contributed by atoms with Gasteiger partial charge in [-0.25, -0.2) is 0 Å². The monoisotopic (exact) mass is 297 g/mol. The topological polar surface area (TPSA) is 21.3 Å². The second-order valence-corrected chi connectivity index (χ2v) is 5.24. The maximum absolute atomic E-state index is 5.15. The summed E-state index contributed by atoms with van der Waals surface area (Å²) in [5.74, 6) is 0. The molecule has 84 valence electrons. The molecule has 1 heterocycles. The van der Waals surface area contributed by atoms with Crippen molar-refractivity contribution in [2.75, 3.05) is 12.4 Å². The summed E-state index contributed by atoms with van der Waals surface area (Å²) in [4.78, 5) is 1.26. The van der Waals surface area contributed by atoms with Crippen molar-refractivity contribution in [2.45, 2.75) is 6.54 Å². The summed E-state index contributed by atoms with van der Waals surface area (Å²) in [6.07, 6.45) is 0. The van der Waals surface area contributed by atoms with Gasteiger partial charge in [0, 0.05) is 21.6 Å². The summed E-state index contributed by atoms with van der Waals surface area (Å²) in [5.41, 5.74) is 1.11. The lowest BCUT2D eigenvalue weighted by molar-refractivity contribution is 0.427. The van der Waals surface area contributed by atoms with Gasteiger partial charge in [-0.1, -0.05) is 12.1 Å². The second kappa shape index (κ2) is 5.37. The molecule has 4 heteroatoms. The zero-order valence-corrected chi connectivity index (χ0v) is 11.3. The van der Waals surface area contributed by atoms with E-state index in [-0.39, 0.29) is 0 Å². The van der Waals surface area contributed by atoms with Crippen molar-refractivity contribution in [1.82, 2.24) is 0 Å². The first-order valence-electron chi connectivity index (χ1n) is 4.90. The zero-order valence-electron chi connectivity index (χ0n) is 8.87. The van der Waals surface area contributed by atoms with Crippen molar-refractivity contribution in [3.8, 4) is 5.06 Å². The van der Waals surface area contributed by atoms with Gasteiger partial charge >= 0.3 is 0 Å². The molecule has 0 saturated carbocycles. The quantitative estimate of drug-likeness (QED) is 0.916. The van der Waals surface area contributed by atoms with Crippen LogP contribution in [0.1, 0.15) is 4.88 Å². The lowest BCUT2D eigenvalue weighted by atomic mass is 10.3. The van der Waals surface area contributed by atoms with Crippen LogP contribution in [0.4, 0.5) is 5.69 Å². The summed E-state index contributed by atoms with van der Waals surface area (Å²) < 4.78 is 6.23. The van der Waals surface area contributed by atoms with Crippen LogP contribution in [0.15, 0.2) is 40.9 Å². The minimum atomic E-state index is 0.816. The van der Waals surface area contributed by atoms with Crippen LogP contribution in [-0.4, -0.2) is 7.11 Å². The van der Waals surface area contributed by atoms with Crippen molar-refractivity contribution in [3.63, 3.8) is 0 Å². The summed E-state index contributed by atoms with van der Waals surface area (Å²) in [5, 5.41) is 4.32. The van der Waals surface area contributed by atoms with Gasteiger partial charge in [-0.2, -0.15) is 0 Å². The zero-order chi connectivity index (χ0) is 11.4. The highest BCUT2D eigenvalue weighted by Gasteiger charge is 2.01. The minimum absolute atomic E-state index is 0.816. The summed E-state index contributed by atoms with van der Waals surface area (Å²) >= 11 is 5.16. The summed E-state index contributed by atoms with van der Waals surface area (Å²) in [7, 11) is 1.69. The first-order valence-corrected chi connectivity index (χ1v) is 6.51. The van der Waals surface area contributed by atoms with Crippen LogP contribution in [0.25, 0.3) is 0 Å². The maximum Gasteiger partial charge on any atom is 0.173 e. The SMILES string of the molecule is COc1ccc(CNc2ccccc2Br)s1. The van der Waals surface area contributed by atoms with Crippen molar-refractivity contribution < 1.29 is 4.74 Å². The Bertz CT molecular complexity index is 470. The van der Waals surface area contributed by atoms with Crippen molar-refractivity contribution in [3.05, 3.63) is 45.7 Å². The smallest absolute Gasteiger partial charge is 0.173 e. The Labute approximate surface area is 107 Å². The Balaban J connectivity index is 1.99. The molecule has 2 rings (SSSR count). The minimum Gasteiger partial charge on any atom is -0.487 e. The number of ether oxygens (including phenoxy) is 1. The van der Waals surface area contributed by atoms with Crippen LogP contribution >= 0.6 is 27.3 Å². The lowest BCUT2D eigenvalue weighted by Gasteiger charge is -2.06. The van der Waals surface area contributed by atoms with E-state index in [2.05, 4.69) is 33.4 Å². The van der Waals surface area contributed by atoms with Crippen LogP contribution in [-0.2, 0) is 6.54 Å². The van der Waals surface area contributed by atoms with Crippen molar-refractivity contribution >= 4 is 33.0 Å².